The van der Waals surface area contributed by atoms with Gasteiger partial charge < -0.3 is 20.6 Å². The van der Waals surface area contributed by atoms with Crippen molar-refractivity contribution in [3.05, 3.63) is 22.6 Å². The topological polar surface area (TPSA) is 123 Å². The van der Waals surface area contributed by atoms with Crippen molar-refractivity contribution >= 4 is 17.8 Å². The maximum atomic E-state index is 12.1. The van der Waals surface area contributed by atoms with Crippen molar-refractivity contribution in [2.75, 3.05) is 0 Å². The number of amides is 2. The highest BCUT2D eigenvalue weighted by Gasteiger charge is 2.25. The average molecular weight is 282 g/mol. The number of nitrogens with one attached hydrogen (secondary N) is 1. The summed E-state index contributed by atoms with van der Waals surface area (Å²) in [7, 11) is 0. The SMILES string of the molecule is Cc1oc(C)c(C(=O)N[C@H](CCC(N)=O)C(=O)O)c1C. The van der Waals surface area contributed by atoms with Crippen LogP contribution in [-0.4, -0.2) is 28.9 Å². The summed E-state index contributed by atoms with van der Waals surface area (Å²) in [4.78, 5) is 33.9. The van der Waals surface area contributed by atoms with E-state index in [1.165, 1.54) is 0 Å². The molecule has 0 aromatic carbocycles. The van der Waals surface area contributed by atoms with Crippen LogP contribution in [-0.2, 0) is 9.59 Å². The number of hydrogen-bond acceptors (Lipinski definition) is 4. The van der Waals surface area contributed by atoms with Crippen LogP contribution in [0.5, 0.6) is 0 Å². The highest BCUT2D eigenvalue weighted by atomic mass is 16.4. The molecule has 1 heterocycles. The Morgan fingerprint density at radius 1 is 1.25 bits per heavy atom. The van der Waals surface area contributed by atoms with Crippen LogP contribution in [0, 0.1) is 20.8 Å². The number of primary amides is 1. The Bertz CT molecular complexity index is 547. The first-order valence-corrected chi connectivity index (χ1v) is 6.12. The van der Waals surface area contributed by atoms with Crippen molar-refractivity contribution in [3.8, 4) is 0 Å². The summed E-state index contributed by atoms with van der Waals surface area (Å²) in [6.45, 7) is 5.08. The lowest BCUT2D eigenvalue weighted by Crippen LogP contribution is -2.41. The molecule has 110 valence electrons. The summed E-state index contributed by atoms with van der Waals surface area (Å²) < 4.78 is 5.32. The van der Waals surface area contributed by atoms with Gasteiger partial charge in [0.25, 0.3) is 5.91 Å². The number of carboxylic acids is 1. The summed E-state index contributed by atoms with van der Waals surface area (Å²) in [6, 6.07) is -1.16. The molecule has 0 saturated carbocycles. The van der Waals surface area contributed by atoms with E-state index in [4.69, 9.17) is 15.3 Å². The molecule has 0 unspecified atom stereocenters. The Morgan fingerprint density at radius 3 is 2.25 bits per heavy atom. The molecule has 20 heavy (non-hydrogen) atoms. The normalized spacial score (nSPS) is 11.9. The zero-order chi connectivity index (χ0) is 15.4. The molecule has 1 atom stereocenters. The van der Waals surface area contributed by atoms with Crippen LogP contribution < -0.4 is 11.1 Å². The Hall–Kier alpha value is -2.31. The predicted molar refractivity (Wildman–Crippen MR) is 70.2 cm³/mol. The molecule has 1 aromatic rings. The molecule has 7 nitrogen and oxygen atoms in total. The maximum Gasteiger partial charge on any atom is 0.326 e. The van der Waals surface area contributed by atoms with Crippen LogP contribution in [0.4, 0.5) is 0 Å². The van der Waals surface area contributed by atoms with Gasteiger partial charge in [0, 0.05) is 12.0 Å². The first-order valence-electron chi connectivity index (χ1n) is 6.12. The zero-order valence-corrected chi connectivity index (χ0v) is 11.6. The second-order valence-electron chi connectivity index (χ2n) is 4.58. The molecule has 0 aliphatic heterocycles. The fraction of sp³-hybridized carbons (Fsp3) is 0.462. The van der Waals surface area contributed by atoms with Crippen LogP contribution >= 0.6 is 0 Å². The molecule has 0 radical (unpaired) electrons. The lowest BCUT2D eigenvalue weighted by molar-refractivity contribution is -0.139. The minimum absolute atomic E-state index is 0.0503. The number of carbonyl (C=O) groups is 3. The fourth-order valence-electron chi connectivity index (χ4n) is 1.90. The first kappa shape index (κ1) is 15.7. The predicted octanol–water partition coefficient (Wildman–Crippen LogP) is 0.653. The summed E-state index contributed by atoms with van der Waals surface area (Å²) in [5, 5.41) is 11.4. The van der Waals surface area contributed by atoms with Gasteiger partial charge in [0.2, 0.25) is 5.91 Å². The molecule has 1 rings (SSSR count). The van der Waals surface area contributed by atoms with Gasteiger partial charge in [-0.1, -0.05) is 0 Å². The molecular formula is C13H18N2O5. The summed E-state index contributed by atoms with van der Waals surface area (Å²) >= 11 is 0. The largest absolute Gasteiger partial charge is 0.480 e. The minimum atomic E-state index is -1.21. The lowest BCUT2D eigenvalue weighted by atomic mass is 10.1. The number of hydrogen-bond donors (Lipinski definition) is 3. The number of carbonyl (C=O) groups excluding carboxylic acids is 2. The minimum Gasteiger partial charge on any atom is -0.480 e. The van der Waals surface area contributed by atoms with Crippen molar-refractivity contribution in [3.63, 3.8) is 0 Å². The van der Waals surface area contributed by atoms with E-state index in [2.05, 4.69) is 5.32 Å². The van der Waals surface area contributed by atoms with Gasteiger partial charge in [-0.2, -0.15) is 0 Å². The molecule has 0 aliphatic carbocycles. The maximum absolute atomic E-state index is 12.1. The smallest absolute Gasteiger partial charge is 0.326 e. The van der Waals surface area contributed by atoms with Crippen LogP contribution in [0.15, 0.2) is 4.42 Å². The van der Waals surface area contributed by atoms with E-state index < -0.39 is 23.8 Å². The third-order valence-corrected chi connectivity index (χ3v) is 3.07. The van der Waals surface area contributed by atoms with E-state index in [1.54, 1.807) is 20.8 Å². The summed E-state index contributed by atoms with van der Waals surface area (Å²) in [5.41, 5.74) is 5.97. The standard InChI is InChI=1S/C13H18N2O5/c1-6-7(2)20-8(3)11(6)12(17)15-9(13(18)19)4-5-10(14)16/h9H,4-5H2,1-3H3,(H2,14,16)(H,15,17)(H,18,19)/t9-/m1/s1. The molecule has 7 heteroatoms. The van der Waals surface area contributed by atoms with Crippen molar-refractivity contribution < 1.29 is 23.9 Å². The quantitative estimate of drug-likeness (QED) is 0.707. The van der Waals surface area contributed by atoms with Gasteiger partial charge >= 0.3 is 5.97 Å². The lowest BCUT2D eigenvalue weighted by Gasteiger charge is -2.13. The Kier molecular flexibility index (Phi) is 4.90. The third kappa shape index (κ3) is 3.59. The average Bonchev–Trinajstić information content (AvgIpc) is 2.58. The van der Waals surface area contributed by atoms with Crippen molar-refractivity contribution in [2.24, 2.45) is 5.73 Å². The van der Waals surface area contributed by atoms with E-state index in [-0.39, 0.29) is 12.8 Å². The van der Waals surface area contributed by atoms with Gasteiger partial charge in [-0.3, -0.25) is 9.59 Å². The van der Waals surface area contributed by atoms with Crippen LogP contribution in [0.25, 0.3) is 0 Å². The summed E-state index contributed by atoms with van der Waals surface area (Å²) in [6.07, 6.45) is -0.162. The first-order chi connectivity index (χ1) is 9.23. The molecule has 0 bridgehead atoms. The summed E-state index contributed by atoms with van der Waals surface area (Å²) in [5.74, 6) is -1.32. The van der Waals surface area contributed by atoms with Crippen LogP contribution in [0.1, 0.15) is 40.3 Å². The molecule has 0 spiro atoms. The van der Waals surface area contributed by atoms with Gasteiger partial charge in [-0.05, 0) is 27.2 Å². The molecular weight excluding hydrogens is 264 g/mol. The van der Waals surface area contributed by atoms with E-state index in [0.29, 0.717) is 22.6 Å². The van der Waals surface area contributed by atoms with E-state index >= 15 is 0 Å². The van der Waals surface area contributed by atoms with Crippen molar-refractivity contribution in [2.45, 2.75) is 39.7 Å². The molecule has 2 amide bonds. The number of carboxylic acid groups (broad SMARTS) is 1. The van der Waals surface area contributed by atoms with E-state index in [0.717, 1.165) is 0 Å². The van der Waals surface area contributed by atoms with Gasteiger partial charge in [0.05, 0.1) is 5.56 Å². The molecule has 0 saturated heterocycles. The zero-order valence-electron chi connectivity index (χ0n) is 11.6. The number of furan rings is 1. The van der Waals surface area contributed by atoms with E-state index in [9.17, 15) is 14.4 Å². The van der Waals surface area contributed by atoms with Gasteiger partial charge in [0.1, 0.15) is 17.6 Å². The van der Waals surface area contributed by atoms with E-state index in [1.807, 2.05) is 0 Å². The third-order valence-electron chi connectivity index (χ3n) is 3.07. The molecule has 1 aromatic heterocycles. The van der Waals surface area contributed by atoms with Crippen molar-refractivity contribution in [1.29, 1.82) is 0 Å². The molecule has 0 aliphatic rings. The fourth-order valence-corrected chi connectivity index (χ4v) is 1.90. The van der Waals surface area contributed by atoms with Gasteiger partial charge in [-0.25, -0.2) is 4.79 Å². The van der Waals surface area contributed by atoms with Crippen molar-refractivity contribution in [1.82, 2.24) is 5.32 Å². The highest BCUT2D eigenvalue weighted by Crippen LogP contribution is 2.20. The monoisotopic (exact) mass is 282 g/mol. The molecule has 4 N–H and O–H groups in total. The highest BCUT2D eigenvalue weighted by molar-refractivity contribution is 5.98. The van der Waals surface area contributed by atoms with Gasteiger partial charge in [-0.15, -0.1) is 0 Å². The van der Waals surface area contributed by atoms with Gasteiger partial charge in [0.15, 0.2) is 0 Å². The number of nitrogens with two attached hydrogens (primary N) is 1. The number of aliphatic carboxylic acids is 1. The Labute approximate surface area is 116 Å². The second-order valence-corrected chi connectivity index (χ2v) is 4.58. The Morgan fingerprint density at radius 2 is 1.85 bits per heavy atom. The number of aryl methyl sites for hydroxylation is 2. The Balaban J connectivity index is 2.85. The number of rotatable bonds is 6. The molecule has 0 fully saturated rings. The van der Waals surface area contributed by atoms with Crippen LogP contribution in [0.2, 0.25) is 0 Å². The second kappa shape index (κ2) is 6.23. The van der Waals surface area contributed by atoms with Crippen LogP contribution in [0.3, 0.4) is 0 Å².